The first-order valence-electron chi connectivity index (χ1n) is 18.1. The van der Waals surface area contributed by atoms with Crippen molar-refractivity contribution >= 4 is 5.78 Å². The molecular weight excluding hydrogens is 568 g/mol. The largest absolute Gasteiger partial charge is 0.389 e. The van der Waals surface area contributed by atoms with Crippen LogP contribution in [0.2, 0.25) is 0 Å². The summed E-state index contributed by atoms with van der Waals surface area (Å²) in [5.74, 6) is 0.609. The van der Waals surface area contributed by atoms with Crippen LogP contribution in [0.3, 0.4) is 0 Å². The van der Waals surface area contributed by atoms with Gasteiger partial charge in [0.2, 0.25) is 0 Å². The summed E-state index contributed by atoms with van der Waals surface area (Å²) in [7, 11) is 0. The molecule has 0 amide bonds. The number of hydrogen-bond acceptors (Lipinski definition) is 7. The Kier molecular flexibility index (Phi) is 7.86. The van der Waals surface area contributed by atoms with Gasteiger partial charge in [0, 0.05) is 48.9 Å². The molecule has 7 heteroatoms. The van der Waals surface area contributed by atoms with Crippen molar-refractivity contribution in [1.29, 1.82) is 0 Å². The molecule has 0 bridgehead atoms. The van der Waals surface area contributed by atoms with E-state index in [1.807, 2.05) is 12.1 Å². The smallest absolute Gasteiger partial charge is 0.171 e. The van der Waals surface area contributed by atoms with E-state index < -0.39 is 17.0 Å². The number of carbonyl (C=O) groups excluding carboxylic acids is 1. The first-order chi connectivity index (χ1) is 21.7. The van der Waals surface area contributed by atoms with Crippen molar-refractivity contribution in [3.63, 3.8) is 0 Å². The fourth-order valence-corrected chi connectivity index (χ4v) is 10.7. The van der Waals surface area contributed by atoms with Crippen LogP contribution >= 0.6 is 0 Å². The number of carbonyl (C=O) groups is 1. The molecule has 45 heavy (non-hydrogen) atoms. The van der Waals surface area contributed by atoms with Gasteiger partial charge in [0.25, 0.3) is 0 Å². The zero-order valence-corrected chi connectivity index (χ0v) is 27.1. The van der Waals surface area contributed by atoms with Gasteiger partial charge in [-0.15, -0.1) is 0 Å². The number of fused-ring (bicyclic) bond motifs is 4. The van der Waals surface area contributed by atoms with E-state index in [1.54, 1.807) is 0 Å². The number of aliphatic hydroxyl groups is 2. The lowest BCUT2D eigenvalue weighted by molar-refractivity contribution is -0.208. The van der Waals surface area contributed by atoms with E-state index >= 15 is 0 Å². The van der Waals surface area contributed by atoms with Gasteiger partial charge in [0.15, 0.2) is 17.9 Å². The van der Waals surface area contributed by atoms with Gasteiger partial charge in [0.1, 0.15) is 0 Å². The second-order valence-electron chi connectivity index (χ2n) is 15.8. The van der Waals surface area contributed by atoms with Gasteiger partial charge in [-0.25, -0.2) is 0 Å². The lowest BCUT2D eigenvalue weighted by Crippen LogP contribution is -2.55. The van der Waals surface area contributed by atoms with Gasteiger partial charge in [-0.05, 0) is 106 Å². The molecule has 0 aromatic heterocycles. The highest BCUT2D eigenvalue weighted by atomic mass is 16.7. The monoisotopic (exact) mass is 620 g/mol. The highest BCUT2D eigenvalue weighted by Crippen LogP contribution is 2.68. The summed E-state index contributed by atoms with van der Waals surface area (Å²) in [6.45, 7) is 4.94. The van der Waals surface area contributed by atoms with Gasteiger partial charge >= 0.3 is 0 Å². The molecule has 2 aliphatic heterocycles. The molecule has 8 rings (SSSR count). The van der Waals surface area contributed by atoms with E-state index in [-0.39, 0.29) is 29.3 Å². The molecule has 7 nitrogen and oxygen atoms in total. The predicted molar refractivity (Wildman–Crippen MR) is 169 cm³/mol. The summed E-state index contributed by atoms with van der Waals surface area (Å²) in [4.78, 5) is 12.9. The van der Waals surface area contributed by atoms with Crippen molar-refractivity contribution < 1.29 is 34.0 Å². The lowest BCUT2D eigenvalue weighted by Gasteiger charge is -2.57. The minimum Gasteiger partial charge on any atom is -0.389 e. The third-order valence-corrected chi connectivity index (χ3v) is 13.3. The van der Waals surface area contributed by atoms with Crippen molar-refractivity contribution in [3.8, 4) is 0 Å². The summed E-state index contributed by atoms with van der Waals surface area (Å²) >= 11 is 0. The Morgan fingerprint density at radius 2 is 1.76 bits per heavy atom. The standard InChI is InChI=1S/C38H52O7/c1-35-23-29(25-6-8-26(9-7-25)34(39)27-10-11-27)33-28(12-16-36(40)24-38(18-14-31(33)36)44-21-22-45-38)30(35)13-17-37(35,41)15-4-20-43-32-5-2-3-19-42-32/h6-9,27-30,32,40-41H,2-5,10-24H2,1H3/t28?,29-,30?,32?,35+,36-,37+/m1/s1. The molecule has 3 unspecified atom stereocenters. The summed E-state index contributed by atoms with van der Waals surface area (Å²) in [5.41, 5.74) is 2.71. The van der Waals surface area contributed by atoms with Crippen LogP contribution in [0, 0.1) is 23.2 Å². The predicted octanol–water partition coefficient (Wildman–Crippen LogP) is 6.60. The minimum atomic E-state index is -0.921. The van der Waals surface area contributed by atoms with Crippen molar-refractivity contribution in [2.24, 2.45) is 23.2 Å². The summed E-state index contributed by atoms with van der Waals surface area (Å²) in [5, 5.41) is 24.8. The molecule has 1 aromatic carbocycles. The van der Waals surface area contributed by atoms with Gasteiger partial charge in [-0.3, -0.25) is 4.79 Å². The molecule has 1 spiro atoms. The molecule has 246 valence electrons. The quantitative estimate of drug-likeness (QED) is 0.192. The van der Waals surface area contributed by atoms with Gasteiger partial charge in [-0.1, -0.05) is 36.8 Å². The van der Waals surface area contributed by atoms with Crippen LogP contribution in [0.4, 0.5) is 0 Å². The maximum absolute atomic E-state index is 12.9. The van der Waals surface area contributed by atoms with E-state index in [4.69, 9.17) is 18.9 Å². The summed E-state index contributed by atoms with van der Waals surface area (Å²) < 4.78 is 24.1. The fourth-order valence-electron chi connectivity index (χ4n) is 10.7. The average Bonchev–Trinajstić information content (AvgIpc) is 3.75. The normalized spacial score (nSPS) is 40.7. The molecule has 7 atom stereocenters. The van der Waals surface area contributed by atoms with Crippen LogP contribution in [-0.2, 0) is 18.9 Å². The van der Waals surface area contributed by atoms with Crippen LogP contribution in [0.25, 0.3) is 0 Å². The molecule has 2 saturated heterocycles. The number of Topliss-reactive ketones (excluding diaryl/α,β-unsaturated/α-hetero) is 1. The highest BCUT2D eigenvalue weighted by molar-refractivity contribution is 5.99. The Bertz CT molecular complexity index is 1310. The molecule has 4 saturated carbocycles. The lowest BCUT2D eigenvalue weighted by atomic mass is 9.49. The first kappa shape index (κ1) is 30.7. The second kappa shape index (κ2) is 11.5. The summed E-state index contributed by atoms with van der Waals surface area (Å²) in [6, 6.07) is 8.39. The molecule has 2 N–H and O–H groups in total. The van der Waals surface area contributed by atoms with E-state index in [1.165, 1.54) is 16.7 Å². The number of ketones is 1. The maximum Gasteiger partial charge on any atom is 0.171 e. The van der Waals surface area contributed by atoms with Crippen molar-refractivity contribution in [2.75, 3.05) is 26.4 Å². The Balaban J connectivity index is 1.10. The number of rotatable bonds is 8. The van der Waals surface area contributed by atoms with Crippen molar-refractivity contribution in [1.82, 2.24) is 0 Å². The second-order valence-corrected chi connectivity index (χ2v) is 15.8. The van der Waals surface area contributed by atoms with E-state index in [0.717, 1.165) is 95.6 Å². The van der Waals surface area contributed by atoms with Crippen LogP contribution < -0.4 is 0 Å². The van der Waals surface area contributed by atoms with Gasteiger partial charge < -0.3 is 29.2 Å². The van der Waals surface area contributed by atoms with Crippen molar-refractivity contribution in [3.05, 3.63) is 46.5 Å². The number of benzene rings is 1. The van der Waals surface area contributed by atoms with Crippen LogP contribution in [0.15, 0.2) is 35.4 Å². The maximum atomic E-state index is 12.9. The summed E-state index contributed by atoms with van der Waals surface area (Å²) in [6.07, 6.45) is 13.1. The average molecular weight is 621 g/mol. The van der Waals surface area contributed by atoms with Crippen LogP contribution in [0.5, 0.6) is 0 Å². The molecule has 7 aliphatic rings. The molecule has 1 aromatic rings. The Labute approximate surface area is 268 Å². The van der Waals surface area contributed by atoms with Crippen LogP contribution in [0.1, 0.15) is 125 Å². The minimum absolute atomic E-state index is 0.0964. The van der Waals surface area contributed by atoms with Gasteiger partial charge in [0.05, 0.1) is 24.4 Å². The molecule has 5 aliphatic carbocycles. The number of ether oxygens (including phenoxy) is 4. The SMILES string of the molecule is C[C@]12C[C@H](c3ccc(C(=O)C4CC4)cc3)C3=C4CCC5(C[C@]4(O)CCC3C1CC[C@@]2(O)CCCOC1CCCCO1)OCCO5. The highest BCUT2D eigenvalue weighted by Gasteiger charge is 2.64. The van der Waals surface area contributed by atoms with E-state index in [9.17, 15) is 15.0 Å². The number of hydrogen-bond donors (Lipinski definition) is 2. The van der Waals surface area contributed by atoms with Crippen LogP contribution in [-0.4, -0.2) is 65.7 Å². The molecule has 6 fully saturated rings. The molecule has 0 radical (unpaired) electrons. The number of allylic oxidation sites excluding steroid dienone is 1. The third-order valence-electron chi connectivity index (χ3n) is 13.3. The fraction of sp³-hybridized carbons (Fsp3) is 0.763. The zero-order valence-electron chi connectivity index (χ0n) is 27.1. The zero-order chi connectivity index (χ0) is 30.9. The molecule has 2 heterocycles. The first-order valence-corrected chi connectivity index (χ1v) is 18.1. The Hall–Kier alpha value is -1.61. The topological polar surface area (TPSA) is 94.5 Å². The third kappa shape index (κ3) is 5.28. The van der Waals surface area contributed by atoms with E-state index in [2.05, 4.69) is 19.1 Å². The van der Waals surface area contributed by atoms with Gasteiger partial charge in [-0.2, -0.15) is 0 Å². The molecular formula is C38H52O7. The van der Waals surface area contributed by atoms with Crippen molar-refractivity contribution in [2.45, 2.75) is 132 Å². The van der Waals surface area contributed by atoms with E-state index in [0.29, 0.717) is 44.5 Å². The Morgan fingerprint density at radius 3 is 2.49 bits per heavy atom. The Morgan fingerprint density at radius 1 is 0.956 bits per heavy atom.